The summed E-state index contributed by atoms with van der Waals surface area (Å²) in [5.74, 6) is 6.73. The Hall–Kier alpha value is -0.670. The van der Waals surface area contributed by atoms with Crippen molar-refractivity contribution in [2.75, 3.05) is 11.5 Å². The van der Waals surface area contributed by atoms with Crippen LogP contribution in [0.3, 0.4) is 0 Å². The smallest absolute Gasteiger partial charge is 0.139 e. The number of carbonyl (C=O) groups is 1. The number of benzene rings is 1. The minimum atomic E-state index is -0.00625. The summed E-state index contributed by atoms with van der Waals surface area (Å²) in [6.45, 7) is 4.57. The number of thioether (sulfide) groups is 2. The quantitative estimate of drug-likeness (QED) is 0.440. The highest BCUT2D eigenvalue weighted by molar-refractivity contribution is 8.21. The maximum absolute atomic E-state index is 12.8. The van der Waals surface area contributed by atoms with E-state index in [4.69, 9.17) is 0 Å². The average molecular weight is 453 g/mol. The molecule has 1 saturated heterocycles. The van der Waals surface area contributed by atoms with E-state index in [1.807, 2.05) is 0 Å². The van der Waals surface area contributed by atoms with E-state index >= 15 is 0 Å². The summed E-state index contributed by atoms with van der Waals surface area (Å²) in [6, 6.07) is 9.67. The van der Waals surface area contributed by atoms with E-state index in [9.17, 15) is 4.79 Å². The van der Waals surface area contributed by atoms with Crippen molar-refractivity contribution in [2.24, 2.45) is 29.1 Å². The summed E-state index contributed by atoms with van der Waals surface area (Å²) in [4.78, 5) is 12.8. The lowest BCUT2D eigenvalue weighted by molar-refractivity contribution is -0.131. The molecule has 1 nitrogen and oxygen atoms in total. The molecule has 0 unspecified atom stereocenters. The van der Waals surface area contributed by atoms with Crippen LogP contribution in [-0.4, -0.2) is 21.4 Å². The number of Topliss-reactive ketones (excluding diaryl/α,β-unsaturated/α-hetero) is 1. The van der Waals surface area contributed by atoms with Crippen molar-refractivity contribution in [1.29, 1.82) is 0 Å². The molecule has 0 aromatic heterocycles. The van der Waals surface area contributed by atoms with E-state index < -0.39 is 0 Å². The van der Waals surface area contributed by atoms with Crippen LogP contribution in [0.4, 0.5) is 0 Å². The first-order valence-electron chi connectivity index (χ1n) is 12.6. The second-order valence-electron chi connectivity index (χ2n) is 11.1. The molecule has 1 aromatic carbocycles. The Morgan fingerprint density at radius 3 is 2.52 bits per heavy atom. The third-order valence-electron chi connectivity index (χ3n) is 9.79. The second-order valence-corrected chi connectivity index (χ2v) is 14.2. The van der Waals surface area contributed by atoms with E-state index in [-0.39, 0.29) is 5.41 Å². The first kappa shape index (κ1) is 20.9. The number of aryl methyl sites for hydroxylation is 1. The molecule has 1 aliphatic heterocycles. The van der Waals surface area contributed by atoms with E-state index in [0.717, 1.165) is 37.5 Å². The monoisotopic (exact) mass is 452 g/mol. The maximum Gasteiger partial charge on any atom is 0.139 e. The van der Waals surface area contributed by atoms with E-state index in [1.54, 1.807) is 11.1 Å². The number of allylic oxidation sites excluding steroid dienone is 1. The molecule has 6 atom stereocenters. The van der Waals surface area contributed by atoms with Crippen LogP contribution in [0.25, 0.3) is 0 Å². The third-order valence-corrected chi connectivity index (χ3v) is 13.1. The largest absolute Gasteiger partial charge is 0.299 e. The van der Waals surface area contributed by atoms with Gasteiger partial charge in [-0.3, -0.25) is 4.79 Å². The van der Waals surface area contributed by atoms with Crippen molar-refractivity contribution >= 4 is 29.3 Å². The number of hydrogen-bond acceptors (Lipinski definition) is 3. The normalized spacial score (nSPS) is 40.9. The van der Waals surface area contributed by atoms with Crippen LogP contribution in [0.2, 0.25) is 0 Å². The average Bonchev–Trinajstić information content (AvgIpc) is 3.37. The van der Waals surface area contributed by atoms with Gasteiger partial charge in [0, 0.05) is 23.3 Å². The molecule has 1 spiro atoms. The standard InChI is InChI=1S/C28H36OS2/c1-3-18-4-6-19(7-5-18)23-17-28(30-14-15-31-28)16-20-8-9-21-22(26(20)23)12-13-27(2)24(21)10-11-25(27)29/h4-7,16,21-24,26H,3,8-15,17H2,1-2H3/t21-,22+,23+,24+,26+,27+/m1/s1. The number of fused-ring (bicyclic) bond motifs is 5. The molecule has 6 rings (SSSR count). The molecule has 4 fully saturated rings. The van der Waals surface area contributed by atoms with Crippen molar-refractivity contribution in [1.82, 2.24) is 0 Å². The zero-order valence-electron chi connectivity index (χ0n) is 19.1. The van der Waals surface area contributed by atoms with E-state index in [0.29, 0.717) is 27.6 Å². The Bertz CT molecular complexity index is 896. The molecule has 1 heterocycles. The van der Waals surface area contributed by atoms with Crippen LogP contribution in [-0.2, 0) is 11.2 Å². The Balaban J connectivity index is 1.39. The van der Waals surface area contributed by atoms with E-state index in [2.05, 4.69) is 67.7 Å². The fraction of sp³-hybridized carbons (Fsp3) is 0.679. The summed E-state index contributed by atoms with van der Waals surface area (Å²) < 4.78 is 0.319. The number of ketones is 1. The summed E-state index contributed by atoms with van der Waals surface area (Å²) in [5.41, 5.74) is 4.81. The summed E-state index contributed by atoms with van der Waals surface area (Å²) in [6.07, 6.45) is 12.2. The topological polar surface area (TPSA) is 17.1 Å². The van der Waals surface area contributed by atoms with Crippen LogP contribution in [0, 0.1) is 29.1 Å². The van der Waals surface area contributed by atoms with E-state index in [1.165, 1.54) is 42.8 Å². The Morgan fingerprint density at radius 2 is 1.77 bits per heavy atom. The zero-order valence-corrected chi connectivity index (χ0v) is 20.7. The maximum atomic E-state index is 12.8. The fourth-order valence-electron chi connectivity index (χ4n) is 8.22. The van der Waals surface area contributed by atoms with Gasteiger partial charge in [-0.05, 0) is 85.7 Å². The van der Waals surface area contributed by atoms with Gasteiger partial charge in [0.2, 0.25) is 0 Å². The van der Waals surface area contributed by atoms with Crippen LogP contribution in [0.5, 0.6) is 0 Å². The minimum Gasteiger partial charge on any atom is -0.299 e. The van der Waals surface area contributed by atoms with Gasteiger partial charge in [0.05, 0.1) is 4.08 Å². The first-order valence-corrected chi connectivity index (χ1v) is 14.6. The zero-order chi connectivity index (χ0) is 21.2. The van der Waals surface area contributed by atoms with Gasteiger partial charge in [0.15, 0.2) is 0 Å². The number of rotatable bonds is 2. The van der Waals surface area contributed by atoms with Crippen LogP contribution in [0.1, 0.15) is 75.8 Å². The number of hydrogen-bond donors (Lipinski definition) is 0. The van der Waals surface area contributed by atoms with Crippen LogP contribution >= 0.6 is 23.5 Å². The molecule has 31 heavy (non-hydrogen) atoms. The highest BCUT2D eigenvalue weighted by atomic mass is 32.2. The molecule has 5 aliphatic rings. The first-order chi connectivity index (χ1) is 15.0. The highest BCUT2D eigenvalue weighted by Crippen LogP contribution is 2.65. The molecule has 1 aromatic rings. The highest BCUT2D eigenvalue weighted by Gasteiger charge is 2.58. The van der Waals surface area contributed by atoms with Gasteiger partial charge in [-0.2, -0.15) is 0 Å². The molecular formula is C28H36OS2. The fourth-order valence-corrected chi connectivity index (χ4v) is 11.5. The SMILES string of the molecule is CCc1ccc([C@@H]2CC3(C=C4CC[C@@H]5[C@H](CC[C@]6(C)C(=O)CC[C@@H]56)[C@H]42)SCCS3)cc1. The summed E-state index contributed by atoms with van der Waals surface area (Å²) in [5, 5.41) is 0. The van der Waals surface area contributed by atoms with Gasteiger partial charge >= 0.3 is 0 Å². The predicted molar refractivity (Wildman–Crippen MR) is 134 cm³/mol. The molecule has 166 valence electrons. The van der Waals surface area contributed by atoms with Crippen molar-refractivity contribution < 1.29 is 4.79 Å². The lowest BCUT2D eigenvalue weighted by Crippen LogP contribution is -2.48. The van der Waals surface area contributed by atoms with Crippen LogP contribution < -0.4 is 0 Å². The van der Waals surface area contributed by atoms with Gasteiger partial charge in [0.1, 0.15) is 5.78 Å². The van der Waals surface area contributed by atoms with Gasteiger partial charge in [0.25, 0.3) is 0 Å². The van der Waals surface area contributed by atoms with Crippen molar-refractivity contribution in [2.45, 2.75) is 75.2 Å². The second kappa shape index (κ2) is 7.69. The molecule has 4 aliphatic carbocycles. The third kappa shape index (κ3) is 3.23. The number of carbonyl (C=O) groups excluding carboxylic acids is 1. The van der Waals surface area contributed by atoms with Crippen molar-refractivity contribution in [3.63, 3.8) is 0 Å². The molecule has 0 radical (unpaired) electrons. The van der Waals surface area contributed by atoms with Gasteiger partial charge in [-0.1, -0.05) is 49.8 Å². The van der Waals surface area contributed by atoms with Crippen molar-refractivity contribution in [3.05, 3.63) is 47.0 Å². The summed E-state index contributed by atoms with van der Waals surface area (Å²) >= 11 is 4.43. The molecule has 0 amide bonds. The van der Waals surface area contributed by atoms with Gasteiger partial charge < -0.3 is 0 Å². The molecule has 3 saturated carbocycles. The lowest BCUT2D eigenvalue weighted by atomic mass is 9.50. The lowest BCUT2D eigenvalue weighted by Gasteiger charge is -2.55. The molecule has 3 heteroatoms. The van der Waals surface area contributed by atoms with Gasteiger partial charge in [-0.15, -0.1) is 23.5 Å². The molecule has 0 bridgehead atoms. The van der Waals surface area contributed by atoms with Gasteiger partial charge in [-0.25, -0.2) is 0 Å². The summed E-state index contributed by atoms with van der Waals surface area (Å²) in [7, 11) is 0. The Labute approximate surface area is 196 Å². The predicted octanol–water partition coefficient (Wildman–Crippen LogP) is 7.26. The van der Waals surface area contributed by atoms with Crippen molar-refractivity contribution in [3.8, 4) is 0 Å². The van der Waals surface area contributed by atoms with Crippen LogP contribution in [0.15, 0.2) is 35.9 Å². The molecule has 0 N–H and O–H groups in total. The molecular weight excluding hydrogens is 416 g/mol. The Kier molecular flexibility index (Phi) is 5.18. The minimum absolute atomic E-state index is 0.00625. The Morgan fingerprint density at radius 1 is 1.00 bits per heavy atom.